The van der Waals surface area contributed by atoms with E-state index in [0.29, 0.717) is 23.4 Å². The predicted molar refractivity (Wildman–Crippen MR) is 130 cm³/mol. The van der Waals surface area contributed by atoms with Crippen molar-refractivity contribution in [3.05, 3.63) is 95.8 Å². The maximum Gasteiger partial charge on any atom is 0.252 e. The molecular formula is C27H26N4O2. The van der Waals surface area contributed by atoms with Crippen molar-refractivity contribution in [3.8, 4) is 11.3 Å². The summed E-state index contributed by atoms with van der Waals surface area (Å²) in [5, 5.41) is 6.74. The third-order valence-corrected chi connectivity index (χ3v) is 5.55. The fourth-order valence-electron chi connectivity index (χ4n) is 3.53. The van der Waals surface area contributed by atoms with E-state index >= 15 is 0 Å². The van der Waals surface area contributed by atoms with Crippen molar-refractivity contribution < 1.29 is 9.59 Å². The molecule has 0 aliphatic heterocycles. The molecule has 2 amide bonds. The number of nitrogens with zero attached hydrogens (tertiary/aromatic N) is 2. The number of hydrogen-bond acceptors (Lipinski definition) is 4. The van der Waals surface area contributed by atoms with Crippen molar-refractivity contribution in [1.29, 1.82) is 0 Å². The lowest BCUT2D eigenvalue weighted by Gasteiger charge is -2.13. The maximum atomic E-state index is 13.2. The lowest BCUT2D eigenvalue weighted by Crippen LogP contribution is -2.32. The van der Waals surface area contributed by atoms with Crippen molar-refractivity contribution in [2.24, 2.45) is 0 Å². The number of pyridine rings is 2. The molecule has 0 bridgehead atoms. The zero-order valence-electron chi connectivity index (χ0n) is 18.7. The minimum absolute atomic E-state index is 0.106. The third-order valence-electron chi connectivity index (χ3n) is 5.55. The molecule has 0 fully saturated rings. The Hall–Kier alpha value is -4.06. The lowest BCUT2D eigenvalue weighted by atomic mass is 10.0. The van der Waals surface area contributed by atoms with E-state index in [4.69, 9.17) is 4.98 Å². The second-order valence-electron chi connectivity index (χ2n) is 7.98. The molecule has 1 unspecified atom stereocenters. The van der Waals surface area contributed by atoms with Crippen LogP contribution in [0.3, 0.4) is 0 Å². The Labute approximate surface area is 193 Å². The van der Waals surface area contributed by atoms with Gasteiger partial charge >= 0.3 is 0 Å². The van der Waals surface area contributed by atoms with Crippen molar-refractivity contribution >= 4 is 22.7 Å². The van der Waals surface area contributed by atoms with Crippen LogP contribution in [0.5, 0.6) is 0 Å². The molecule has 0 saturated carbocycles. The fourth-order valence-corrected chi connectivity index (χ4v) is 3.53. The van der Waals surface area contributed by atoms with E-state index < -0.39 is 0 Å². The van der Waals surface area contributed by atoms with Gasteiger partial charge in [-0.25, -0.2) is 4.98 Å². The summed E-state index contributed by atoms with van der Waals surface area (Å²) in [6.45, 7) is 4.31. The molecule has 0 spiro atoms. The van der Waals surface area contributed by atoms with Gasteiger partial charge in [0.05, 0.1) is 16.8 Å². The van der Waals surface area contributed by atoms with Crippen LogP contribution in [-0.2, 0) is 6.54 Å². The van der Waals surface area contributed by atoms with Crippen LogP contribution >= 0.6 is 0 Å². The molecule has 2 aromatic carbocycles. The number of rotatable bonds is 7. The Bertz CT molecular complexity index is 1290. The summed E-state index contributed by atoms with van der Waals surface area (Å²) < 4.78 is 0. The monoisotopic (exact) mass is 438 g/mol. The summed E-state index contributed by atoms with van der Waals surface area (Å²) in [6, 6.07) is 20.6. The first-order valence-electron chi connectivity index (χ1n) is 11.0. The second-order valence-corrected chi connectivity index (χ2v) is 7.98. The fraction of sp³-hybridized carbons (Fsp3) is 0.185. The summed E-state index contributed by atoms with van der Waals surface area (Å²) in [5.74, 6) is -0.313. The highest BCUT2D eigenvalue weighted by molar-refractivity contribution is 6.07. The van der Waals surface area contributed by atoms with Crippen molar-refractivity contribution in [2.75, 3.05) is 0 Å². The minimum Gasteiger partial charge on any atom is -0.350 e. The molecule has 1 atom stereocenters. The highest BCUT2D eigenvalue weighted by atomic mass is 16.2. The number of para-hydroxylation sites is 1. The standard InChI is InChI=1S/C27H26N4O2/c1-3-18(2)30-26(32)20-9-6-8-19(14-20)16-29-27(33)23-15-25(21-10-7-13-28-17-21)31-24-12-5-4-11-22(23)24/h4-15,17-18H,3,16H2,1-2H3,(H,29,33)(H,30,32). The Morgan fingerprint density at radius 1 is 0.970 bits per heavy atom. The first-order chi connectivity index (χ1) is 16.0. The molecule has 33 heavy (non-hydrogen) atoms. The van der Waals surface area contributed by atoms with Gasteiger partial charge < -0.3 is 10.6 Å². The lowest BCUT2D eigenvalue weighted by molar-refractivity contribution is 0.0937. The van der Waals surface area contributed by atoms with Crippen molar-refractivity contribution in [2.45, 2.75) is 32.9 Å². The summed E-state index contributed by atoms with van der Waals surface area (Å²) in [5.41, 5.74) is 4.26. The van der Waals surface area contributed by atoms with E-state index in [9.17, 15) is 9.59 Å². The van der Waals surface area contributed by atoms with E-state index in [1.54, 1.807) is 24.5 Å². The molecule has 166 valence electrons. The van der Waals surface area contributed by atoms with Crippen LogP contribution in [0.25, 0.3) is 22.2 Å². The van der Waals surface area contributed by atoms with Crippen LogP contribution in [0.2, 0.25) is 0 Å². The number of carbonyl (C=O) groups excluding carboxylic acids is 2. The van der Waals surface area contributed by atoms with Gasteiger partial charge in [-0.05, 0) is 55.3 Å². The van der Waals surface area contributed by atoms with Crippen LogP contribution in [-0.4, -0.2) is 27.8 Å². The van der Waals surface area contributed by atoms with Gasteiger partial charge in [0.1, 0.15) is 0 Å². The van der Waals surface area contributed by atoms with Gasteiger partial charge in [0.25, 0.3) is 11.8 Å². The molecule has 6 heteroatoms. The summed E-state index contributed by atoms with van der Waals surface area (Å²) >= 11 is 0. The van der Waals surface area contributed by atoms with Crippen LogP contribution < -0.4 is 10.6 Å². The van der Waals surface area contributed by atoms with Gasteiger partial charge in [-0.3, -0.25) is 14.6 Å². The van der Waals surface area contributed by atoms with Crippen LogP contribution in [0.4, 0.5) is 0 Å². The highest BCUT2D eigenvalue weighted by Gasteiger charge is 2.15. The SMILES string of the molecule is CCC(C)NC(=O)c1cccc(CNC(=O)c2cc(-c3cccnc3)nc3ccccc23)c1. The molecule has 2 heterocycles. The summed E-state index contributed by atoms with van der Waals surface area (Å²) in [4.78, 5) is 34.5. The molecule has 2 N–H and O–H groups in total. The van der Waals surface area contributed by atoms with E-state index in [1.165, 1.54) is 0 Å². The zero-order valence-corrected chi connectivity index (χ0v) is 18.7. The molecule has 4 aromatic rings. The van der Waals surface area contributed by atoms with E-state index in [0.717, 1.165) is 28.5 Å². The molecule has 2 aromatic heterocycles. The number of fused-ring (bicyclic) bond motifs is 1. The first kappa shape index (κ1) is 22.1. The van der Waals surface area contributed by atoms with E-state index in [1.807, 2.05) is 68.4 Å². The van der Waals surface area contributed by atoms with Gasteiger partial charge in [0.15, 0.2) is 0 Å². The van der Waals surface area contributed by atoms with Gasteiger partial charge in [-0.1, -0.05) is 37.3 Å². The van der Waals surface area contributed by atoms with Gasteiger partial charge in [0, 0.05) is 41.5 Å². The van der Waals surface area contributed by atoms with Crippen LogP contribution in [0.15, 0.2) is 79.1 Å². The Morgan fingerprint density at radius 2 is 1.82 bits per heavy atom. The van der Waals surface area contributed by atoms with Gasteiger partial charge in [-0.15, -0.1) is 0 Å². The van der Waals surface area contributed by atoms with E-state index in [-0.39, 0.29) is 17.9 Å². The molecular weight excluding hydrogens is 412 g/mol. The molecule has 0 aliphatic carbocycles. The number of benzene rings is 2. The Balaban J connectivity index is 1.56. The molecule has 0 radical (unpaired) electrons. The smallest absolute Gasteiger partial charge is 0.252 e. The quantitative estimate of drug-likeness (QED) is 0.436. The number of aromatic nitrogens is 2. The molecule has 0 aliphatic rings. The average molecular weight is 439 g/mol. The first-order valence-corrected chi connectivity index (χ1v) is 11.0. The number of carbonyl (C=O) groups is 2. The maximum absolute atomic E-state index is 13.2. The molecule has 6 nitrogen and oxygen atoms in total. The number of amides is 2. The van der Waals surface area contributed by atoms with Crippen LogP contribution in [0.1, 0.15) is 46.5 Å². The van der Waals surface area contributed by atoms with Crippen molar-refractivity contribution in [1.82, 2.24) is 20.6 Å². The average Bonchev–Trinajstić information content (AvgIpc) is 2.87. The molecule has 0 saturated heterocycles. The normalized spacial score (nSPS) is 11.7. The summed E-state index contributed by atoms with van der Waals surface area (Å²) in [6.07, 6.45) is 4.30. The Morgan fingerprint density at radius 3 is 2.61 bits per heavy atom. The highest BCUT2D eigenvalue weighted by Crippen LogP contribution is 2.24. The number of nitrogens with one attached hydrogen (secondary N) is 2. The molecule has 4 rings (SSSR count). The second kappa shape index (κ2) is 10.0. The van der Waals surface area contributed by atoms with Gasteiger partial charge in [-0.2, -0.15) is 0 Å². The topological polar surface area (TPSA) is 84.0 Å². The van der Waals surface area contributed by atoms with Crippen molar-refractivity contribution in [3.63, 3.8) is 0 Å². The Kier molecular flexibility index (Phi) is 6.74. The van der Waals surface area contributed by atoms with Crippen LogP contribution in [0, 0.1) is 0 Å². The zero-order chi connectivity index (χ0) is 23.2. The third kappa shape index (κ3) is 5.23. The predicted octanol–water partition coefficient (Wildman–Crippen LogP) is 4.76. The largest absolute Gasteiger partial charge is 0.350 e. The van der Waals surface area contributed by atoms with E-state index in [2.05, 4.69) is 15.6 Å². The number of hydrogen-bond donors (Lipinski definition) is 2. The summed E-state index contributed by atoms with van der Waals surface area (Å²) in [7, 11) is 0. The minimum atomic E-state index is -0.201. The van der Waals surface area contributed by atoms with Gasteiger partial charge in [0.2, 0.25) is 0 Å².